The Hall–Kier alpha value is -3.59. The molecule has 6 aromatic rings. The number of nitrogens with zero attached hydrogens (tertiary/aromatic N) is 1. The zero-order valence-corrected chi connectivity index (χ0v) is 13.9. The van der Waals surface area contributed by atoms with Gasteiger partial charge >= 0.3 is 0 Å². The third-order valence-corrected chi connectivity index (χ3v) is 5.11. The van der Waals surface area contributed by atoms with E-state index in [0.717, 1.165) is 38.4 Å². The van der Waals surface area contributed by atoms with Crippen molar-refractivity contribution in [3.05, 3.63) is 79.1 Å². The number of benzene rings is 3. The number of hydrogen-bond acceptors (Lipinski definition) is 2. The average Bonchev–Trinajstić information content (AvgIpc) is 3.25. The van der Waals surface area contributed by atoms with Gasteiger partial charge in [0.15, 0.2) is 0 Å². The number of aromatic amines is 1. The molecular formula is C23H14N2O. The van der Waals surface area contributed by atoms with Crippen molar-refractivity contribution in [2.24, 2.45) is 0 Å². The van der Waals surface area contributed by atoms with Gasteiger partial charge in [-0.2, -0.15) is 0 Å². The van der Waals surface area contributed by atoms with Gasteiger partial charge in [0.2, 0.25) is 0 Å². The van der Waals surface area contributed by atoms with E-state index in [1.165, 1.54) is 16.5 Å². The van der Waals surface area contributed by atoms with Crippen molar-refractivity contribution in [3.63, 3.8) is 0 Å². The van der Waals surface area contributed by atoms with Crippen molar-refractivity contribution in [3.8, 4) is 11.1 Å². The molecule has 0 spiro atoms. The molecule has 3 aromatic carbocycles. The van der Waals surface area contributed by atoms with Crippen LogP contribution in [0, 0.1) is 0 Å². The molecule has 3 heterocycles. The van der Waals surface area contributed by atoms with Crippen LogP contribution in [0.15, 0.2) is 83.5 Å². The van der Waals surface area contributed by atoms with Gasteiger partial charge < -0.3 is 9.40 Å². The monoisotopic (exact) mass is 334 g/mol. The first-order valence-electron chi connectivity index (χ1n) is 8.64. The summed E-state index contributed by atoms with van der Waals surface area (Å²) in [4.78, 5) is 7.72. The van der Waals surface area contributed by atoms with Crippen molar-refractivity contribution in [2.45, 2.75) is 0 Å². The number of rotatable bonds is 1. The van der Waals surface area contributed by atoms with Gasteiger partial charge in [-0.15, -0.1) is 0 Å². The van der Waals surface area contributed by atoms with Crippen molar-refractivity contribution in [1.82, 2.24) is 9.97 Å². The van der Waals surface area contributed by atoms with Gasteiger partial charge in [-0.3, -0.25) is 4.98 Å². The fourth-order valence-electron chi connectivity index (χ4n) is 3.82. The predicted molar refractivity (Wildman–Crippen MR) is 106 cm³/mol. The first-order chi connectivity index (χ1) is 12.9. The van der Waals surface area contributed by atoms with Gasteiger partial charge in [-0.25, -0.2) is 0 Å². The van der Waals surface area contributed by atoms with E-state index in [2.05, 4.69) is 58.5 Å². The Labute approximate surface area is 148 Å². The van der Waals surface area contributed by atoms with Crippen LogP contribution in [0.4, 0.5) is 0 Å². The second-order valence-corrected chi connectivity index (χ2v) is 6.62. The van der Waals surface area contributed by atoms with E-state index in [-0.39, 0.29) is 0 Å². The van der Waals surface area contributed by atoms with Crippen LogP contribution in [0.2, 0.25) is 0 Å². The summed E-state index contributed by atoms with van der Waals surface area (Å²) in [7, 11) is 0. The highest BCUT2D eigenvalue weighted by Crippen LogP contribution is 2.34. The largest absolute Gasteiger partial charge is 0.456 e. The highest BCUT2D eigenvalue weighted by atomic mass is 16.3. The average molecular weight is 334 g/mol. The Bertz CT molecular complexity index is 1330. The summed E-state index contributed by atoms with van der Waals surface area (Å²) in [6.07, 6.45) is 3.74. The number of nitrogens with one attached hydrogen (secondary N) is 1. The minimum absolute atomic E-state index is 0.923. The summed E-state index contributed by atoms with van der Waals surface area (Å²) in [6.45, 7) is 0. The molecule has 0 radical (unpaired) electrons. The minimum Gasteiger partial charge on any atom is -0.456 e. The van der Waals surface area contributed by atoms with E-state index < -0.39 is 0 Å². The Kier molecular flexibility index (Phi) is 2.61. The van der Waals surface area contributed by atoms with Gasteiger partial charge in [0, 0.05) is 45.0 Å². The van der Waals surface area contributed by atoms with Crippen molar-refractivity contribution in [1.29, 1.82) is 0 Å². The second kappa shape index (κ2) is 4.96. The molecule has 0 aliphatic carbocycles. The van der Waals surface area contributed by atoms with E-state index in [1.54, 1.807) is 0 Å². The number of aromatic nitrogens is 2. The molecule has 3 heteroatoms. The van der Waals surface area contributed by atoms with Gasteiger partial charge in [-0.1, -0.05) is 30.3 Å². The first kappa shape index (κ1) is 13.7. The SMILES string of the molecule is c1ccc2c(c1)oc1ccc(-c3ccc4[nH]c5ccncc5c4c3)cc12. The molecule has 26 heavy (non-hydrogen) atoms. The maximum absolute atomic E-state index is 5.95. The van der Waals surface area contributed by atoms with Crippen LogP contribution in [0.1, 0.15) is 0 Å². The molecule has 0 saturated heterocycles. The molecule has 0 aliphatic rings. The van der Waals surface area contributed by atoms with Crippen LogP contribution in [0.3, 0.4) is 0 Å². The summed E-state index contributed by atoms with van der Waals surface area (Å²) in [5.74, 6) is 0. The van der Waals surface area contributed by atoms with Crippen LogP contribution >= 0.6 is 0 Å². The van der Waals surface area contributed by atoms with Gasteiger partial charge in [0.05, 0.1) is 0 Å². The van der Waals surface area contributed by atoms with Crippen LogP contribution < -0.4 is 0 Å². The Balaban J connectivity index is 1.61. The Morgan fingerprint density at radius 1 is 0.654 bits per heavy atom. The quantitative estimate of drug-likeness (QED) is 0.384. The van der Waals surface area contributed by atoms with E-state index in [9.17, 15) is 0 Å². The lowest BCUT2D eigenvalue weighted by molar-refractivity contribution is 0.669. The highest BCUT2D eigenvalue weighted by Gasteiger charge is 2.10. The standard InChI is InChI=1S/C23H14N2O/c1-2-4-22-16(3-1)18-12-15(6-8-23(18)26-22)14-5-7-20-17(11-14)19-13-24-10-9-21(19)25-20/h1-13,25H. The molecule has 122 valence electrons. The third-order valence-electron chi connectivity index (χ3n) is 5.11. The molecule has 0 atom stereocenters. The van der Waals surface area contributed by atoms with Crippen molar-refractivity contribution < 1.29 is 4.42 Å². The topological polar surface area (TPSA) is 41.8 Å². The number of para-hydroxylation sites is 1. The lowest BCUT2D eigenvalue weighted by atomic mass is 10.0. The third kappa shape index (κ3) is 1.85. The summed E-state index contributed by atoms with van der Waals surface area (Å²) in [5.41, 5.74) is 6.47. The molecule has 0 saturated carbocycles. The lowest BCUT2D eigenvalue weighted by Gasteiger charge is -2.03. The maximum Gasteiger partial charge on any atom is 0.135 e. The van der Waals surface area contributed by atoms with E-state index >= 15 is 0 Å². The normalized spacial score (nSPS) is 11.8. The molecule has 3 aromatic heterocycles. The molecule has 0 fully saturated rings. The summed E-state index contributed by atoms with van der Waals surface area (Å²) in [6, 6.07) is 23.1. The molecule has 3 nitrogen and oxygen atoms in total. The lowest BCUT2D eigenvalue weighted by Crippen LogP contribution is -1.78. The minimum atomic E-state index is 0.923. The second-order valence-electron chi connectivity index (χ2n) is 6.62. The van der Waals surface area contributed by atoms with Gasteiger partial charge in [0.1, 0.15) is 11.2 Å². The number of pyridine rings is 1. The smallest absolute Gasteiger partial charge is 0.135 e. The number of fused-ring (bicyclic) bond motifs is 6. The number of H-pyrrole nitrogens is 1. The number of hydrogen-bond donors (Lipinski definition) is 1. The van der Waals surface area contributed by atoms with E-state index in [0.29, 0.717) is 0 Å². The van der Waals surface area contributed by atoms with Gasteiger partial charge in [-0.05, 0) is 47.5 Å². The molecule has 6 rings (SSSR count). The maximum atomic E-state index is 5.95. The molecule has 0 amide bonds. The first-order valence-corrected chi connectivity index (χ1v) is 8.64. The summed E-state index contributed by atoms with van der Waals surface area (Å²) < 4.78 is 5.95. The van der Waals surface area contributed by atoms with Gasteiger partial charge in [0.25, 0.3) is 0 Å². The van der Waals surface area contributed by atoms with E-state index in [1.807, 2.05) is 30.6 Å². The number of furan rings is 1. The molecule has 1 N–H and O–H groups in total. The highest BCUT2D eigenvalue weighted by molar-refractivity contribution is 6.09. The summed E-state index contributed by atoms with van der Waals surface area (Å²) >= 11 is 0. The van der Waals surface area contributed by atoms with Crippen molar-refractivity contribution >= 4 is 43.7 Å². The fourth-order valence-corrected chi connectivity index (χ4v) is 3.82. The molecule has 0 bridgehead atoms. The molecule has 0 aliphatic heterocycles. The zero-order chi connectivity index (χ0) is 17.1. The van der Waals surface area contributed by atoms with Crippen LogP contribution in [-0.2, 0) is 0 Å². The predicted octanol–water partition coefficient (Wildman–Crippen LogP) is 6.28. The zero-order valence-electron chi connectivity index (χ0n) is 13.9. The van der Waals surface area contributed by atoms with Crippen LogP contribution in [0.25, 0.3) is 54.9 Å². The van der Waals surface area contributed by atoms with Crippen LogP contribution in [0.5, 0.6) is 0 Å². The van der Waals surface area contributed by atoms with Crippen LogP contribution in [-0.4, -0.2) is 9.97 Å². The van der Waals surface area contributed by atoms with Crippen molar-refractivity contribution in [2.75, 3.05) is 0 Å². The Morgan fingerprint density at radius 3 is 2.38 bits per heavy atom. The fraction of sp³-hybridized carbons (Fsp3) is 0. The Morgan fingerprint density at radius 2 is 1.42 bits per heavy atom. The molecular weight excluding hydrogens is 320 g/mol. The summed E-state index contributed by atoms with van der Waals surface area (Å²) in [5, 5.41) is 4.66. The molecule has 0 unspecified atom stereocenters. The van der Waals surface area contributed by atoms with E-state index in [4.69, 9.17) is 4.42 Å².